The number of methoxy groups -OCH3 is 2. The van der Waals surface area contributed by atoms with E-state index in [0.29, 0.717) is 34.8 Å². The Kier molecular flexibility index (Phi) is 7.65. The number of carbonyl (C=O) groups is 1. The van der Waals surface area contributed by atoms with Gasteiger partial charge in [0.05, 0.1) is 43.8 Å². The quantitative estimate of drug-likeness (QED) is 0.367. The predicted octanol–water partition coefficient (Wildman–Crippen LogP) is 5.78. The van der Waals surface area contributed by atoms with Crippen molar-refractivity contribution in [2.45, 2.75) is 13.1 Å². The van der Waals surface area contributed by atoms with Gasteiger partial charge in [-0.2, -0.15) is 0 Å². The lowest BCUT2D eigenvalue weighted by Gasteiger charge is -2.33. The van der Waals surface area contributed by atoms with Gasteiger partial charge < -0.3 is 19.1 Å². The summed E-state index contributed by atoms with van der Waals surface area (Å²) in [5, 5.41) is 7.78. The Morgan fingerprint density at radius 1 is 0.921 bits per heavy atom. The Labute approximate surface area is 231 Å². The second-order valence-electron chi connectivity index (χ2n) is 8.89. The van der Waals surface area contributed by atoms with Crippen LogP contribution < -0.4 is 24.3 Å². The zero-order valence-electron chi connectivity index (χ0n) is 21.4. The van der Waals surface area contributed by atoms with Gasteiger partial charge in [0.25, 0.3) is 0 Å². The highest BCUT2D eigenvalue weighted by molar-refractivity contribution is 6.44. The van der Waals surface area contributed by atoms with E-state index in [1.165, 1.54) is 6.92 Å². The van der Waals surface area contributed by atoms with Gasteiger partial charge in [0.1, 0.15) is 0 Å². The first-order chi connectivity index (χ1) is 18.4. The number of hydrazone groups is 1. The van der Waals surface area contributed by atoms with Crippen LogP contribution in [0.1, 0.15) is 18.7 Å². The maximum Gasteiger partial charge on any atom is 0.198 e. The molecular weight excluding hydrogens is 527 g/mol. The molecule has 2 aliphatic rings. The number of ketones is 1. The average molecular weight is 555 g/mol. The minimum atomic E-state index is -0.514. The van der Waals surface area contributed by atoms with Crippen molar-refractivity contribution in [2.24, 2.45) is 5.10 Å². The van der Waals surface area contributed by atoms with E-state index >= 15 is 0 Å². The molecule has 0 aromatic heterocycles. The first kappa shape index (κ1) is 26.2. The van der Waals surface area contributed by atoms with Crippen molar-refractivity contribution in [1.82, 2.24) is 0 Å². The van der Waals surface area contributed by atoms with Crippen molar-refractivity contribution >= 4 is 51.9 Å². The zero-order chi connectivity index (χ0) is 26.8. The van der Waals surface area contributed by atoms with Crippen LogP contribution in [0.3, 0.4) is 0 Å². The highest BCUT2D eigenvalue weighted by atomic mass is 35.5. The van der Waals surface area contributed by atoms with Crippen molar-refractivity contribution in [3.63, 3.8) is 0 Å². The summed E-state index contributed by atoms with van der Waals surface area (Å²) in [6.45, 7) is 4.35. The maximum absolute atomic E-state index is 12.9. The van der Waals surface area contributed by atoms with E-state index in [1.54, 1.807) is 31.4 Å². The molecule has 0 amide bonds. The molecule has 2 aliphatic heterocycles. The molecule has 0 radical (unpaired) electrons. The molecule has 198 valence electrons. The molecule has 1 atom stereocenters. The average Bonchev–Trinajstić information content (AvgIpc) is 3.34. The Bertz CT molecular complexity index is 1360. The summed E-state index contributed by atoms with van der Waals surface area (Å²) in [4.78, 5) is 17.0. The van der Waals surface area contributed by atoms with Crippen molar-refractivity contribution in [3.8, 4) is 11.5 Å². The summed E-state index contributed by atoms with van der Waals surface area (Å²) in [6, 6.07) is 18.8. The highest BCUT2D eigenvalue weighted by Crippen LogP contribution is 2.43. The molecule has 0 saturated carbocycles. The van der Waals surface area contributed by atoms with E-state index in [2.05, 4.69) is 4.90 Å². The van der Waals surface area contributed by atoms with Gasteiger partial charge in [-0.25, -0.2) is 5.01 Å². The monoisotopic (exact) mass is 554 g/mol. The first-order valence-corrected chi connectivity index (χ1v) is 12.9. The van der Waals surface area contributed by atoms with Gasteiger partial charge in [-0.1, -0.05) is 29.3 Å². The third kappa shape index (κ3) is 4.99. The highest BCUT2D eigenvalue weighted by Gasteiger charge is 2.40. The Morgan fingerprint density at radius 3 is 2.24 bits per heavy atom. The van der Waals surface area contributed by atoms with E-state index in [0.717, 1.165) is 35.7 Å². The SMILES string of the molecule is COc1ccc(C2N(c3ccc(Cl)cc3)N=C(C(C)=O)N2c2ccc(N3CCOCC3)c(Cl)c2)cc1OC. The number of morpholine rings is 1. The van der Waals surface area contributed by atoms with Gasteiger partial charge in [-0.05, 0) is 54.6 Å². The van der Waals surface area contributed by atoms with E-state index in [1.807, 2.05) is 53.4 Å². The fourth-order valence-electron chi connectivity index (χ4n) is 4.74. The minimum absolute atomic E-state index is 0.180. The van der Waals surface area contributed by atoms with Gasteiger partial charge in [0.15, 0.2) is 29.3 Å². The molecule has 1 saturated heterocycles. The van der Waals surface area contributed by atoms with Gasteiger partial charge in [0.2, 0.25) is 0 Å². The number of amidine groups is 1. The molecule has 0 aliphatic carbocycles. The van der Waals surface area contributed by atoms with Crippen LogP contribution in [0.2, 0.25) is 10.0 Å². The van der Waals surface area contributed by atoms with Crippen LogP contribution in [0.4, 0.5) is 17.1 Å². The fraction of sp³-hybridized carbons (Fsp3) is 0.286. The van der Waals surface area contributed by atoms with Gasteiger partial charge in [-0.3, -0.25) is 9.69 Å². The third-order valence-corrected chi connectivity index (χ3v) is 7.13. The van der Waals surface area contributed by atoms with E-state index in [-0.39, 0.29) is 11.6 Å². The van der Waals surface area contributed by atoms with Crippen molar-refractivity contribution < 1.29 is 19.0 Å². The standard InChI is InChI=1S/C28H28Cl2N4O4/c1-18(35)27-31-34(21-7-5-20(29)6-8-21)28(19-4-11-25(36-2)26(16-19)37-3)33(27)22-9-10-24(23(30)17-22)32-12-14-38-15-13-32/h4-11,16-17,28H,12-15H2,1-3H3. The molecule has 1 unspecified atom stereocenters. The fourth-order valence-corrected chi connectivity index (χ4v) is 5.16. The van der Waals surface area contributed by atoms with Crippen LogP contribution >= 0.6 is 23.2 Å². The number of anilines is 3. The number of Topliss-reactive ketones (excluding diaryl/α,β-unsaturated/α-hetero) is 1. The number of benzene rings is 3. The number of carbonyl (C=O) groups excluding carboxylic acids is 1. The summed E-state index contributed by atoms with van der Waals surface area (Å²) < 4.78 is 16.5. The summed E-state index contributed by atoms with van der Waals surface area (Å²) in [6.07, 6.45) is -0.514. The summed E-state index contributed by atoms with van der Waals surface area (Å²) in [5.74, 6) is 1.28. The maximum atomic E-state index is 12.9. The Hall–Kier alpha value is -3.46. The molecule has 0 bridgehead atoms. The number of rotatable bonds is 7. The Balaban J connectivity index is 1.63. The van der Waals surface area contributed by atoms with Gasteiger partial charge >= 0.3 is 0 Å². The topological polar surface area (TPSA) is 66.8 Å². The molecular formula is C28H28Cl2N4O4. The molecule has 3 aromatic rings. The molecule has 2 heterocycles. The molecule has 3 aromatic carbocycles. The van der Waals surface area contributed by atoms with E-state index in [9.17, 15) is 4.79 Å². The van der Waals surface area contributed by atoms with Crippen LogP contribution in [0.25, 0.3) is 0 Å². The molecule has 1 fully saturated rings. The number of halogens is 2. The normalized spacial score (nSPS) is 17.4. The molecule has 38 heavy (non-hydrogen) atoms. The van der Waals surface area contributed by atoms with E-state index in [4.69, 9.17) is 42.5 Å². The Morgan fingerprint density at radius 2 is 1.61 bits per heavy atom. The molecule has 5 rings (SSSR count). The first-order valence-electron chi connectivity index (χ1n) is 12.2. The summed E-state index contributed by atoms with van der Waals surface area (Å²) in [7, 11) is 3.18. The molecule has 0 N–H and O–H groups in total. The van der Waals surface area contributed by atoms with Gasteiger partial charge in [-0.15, -0.1) is 5.10 Å². The van der Waals surface area contributed by atoms with Crippen LogP contribution in [0.15, 0.2) is 65.8 Å². The van der Waals surface area contributed by atoms with Crippen LogP contribution in [0.5, 0.6) is 11.5 Å². The third-order valence-electron chi connectivity index (χ3n) is 6.58. The van der Waals surface area contributed by atoms with Crippen molar-refractivity contribution in [1.29, 1.82) is 0 Å². The summed E-state index contributed by atoms with van der Waals surface area (Å²) in [5.41, 5.74) is 3.27. The van der Waals surface area contributed by atoms with Gasteiger partial charge in [0, 0.05) is 36.3 Å². The number of ether oxygens (including phenoxy) is 3. The van der Waals surface area contributed by atoms with Crippen LogP contribution in [-0.4, -0.2) is 52.1 Å². The number of hydrogen-bond acceptors (Lipinski definition) is 8. The second kappa shape index (κ2) is 11.1. The molecule has 8 nitrogen and oxygen atoms in total. The van der Waals surface area contributed by atoms with Crippen LogP contribution in [-0.2, 0) is 9.53 Å². The lowest BCUT2D eigenvalue weighted by atomic mass is 10.1. The zero-order valence-corrected chi connectivity index (χ0v) is 22.9. The van der Waals surface area contributed by atoms with Crippen molar-refractivity contribution in [2.75, 3.05) is 55.3 Å². The van der Waals surface area contributed by atoms with Crippen molar-refractivity contribution in [3.05, 3.63) is 76.3 Å². The van der Waals surface area contributed by atoms with Crippen LogP contribution in [0, 0.1) is 0 Å². The lowest BCUT2D eigenvalue weighted by Crippen LogP contribution is -2.38. The lowest BCUT2D eigenvalue weighted by molar-refractivity contribution is -0.111. The molecule has 10 heteroatoms. The number of hydrogen-bond donors (Lipinski definition) is 0. The molecule has 0 spiro atoms. The predicted molar refractivity (Wildman–Crippen MR) is 151 cm³/mol. The second-order valence-corrected chi connectivity index (χ2v) is 9.74. The smallest absolute Gasteiger partial charge is 0.198 e. The minimum Gasteiger partial charge on any atom is -0.493 e. The number of nitrogens with zero attached hydrogens (tertiary/aromatic N) is 4. The van der Waals surface area contributed by atoms with E-state index < -0.39 is 6.17 Å². The summed E-state index contributed by atoms with van der Waals surface area (Å²) >= 11 is 13.0. The largest absolute Gasteiger partial charge is 0.493 e.